The monoisotopic (exact) mass is 726 g/mol. The molecule has 1 aliphatic heterocycles. The van der Waals surface area contributed by atoms with E-state index < -0.39 is 14.2 Å². The highest BCUT2D eigenvalue weighted by Gasteiger charge is 2.52. The van der Waals surface area contributed by atoms with Crippen molar-refractivity contribution in [3.63, 3.8) is 0 Å². The topological polar surface area (TPSA) is 78.8 Å². The number of esters is 1. The van der Waals surface area contributed by atoms with Gasteiger partial charge in [-0.15, -0.1) is 0 Å². The van der Waals surface area contributed by atoms with E-state index in [1.165, 1.54) is 12.1 Å². The number of benzene rings is 3. The van der Waals surface area contributed by atoms with E-state index in [4.69, 9.17) is 13.6 Å². The van der Waals surface area contributed by atoms with Crippen LogP contribution in [0.3, 0.4) is 0 Å². The average Bonchev–Trinajstić information content (AvgIpc) is 3.43. The van der Waals surface area contributed by atoms with Gasteiger partial charge in [-0.25, -0.2) is 4.39 Å². The van der Waals surface area contributed by atoms with Gasteiger partial charge in [-0.3, -0.25) is 9.59 Å². The number of carbonyl (C=O) groups excluding carboxylic acids is 2. The molecule has 1 aromatic heterocycles. The van der Waals surface area contributed by atoms with Crippen molar-refractivity contribution in [3.8, 4) is 22.4 Å². The maximum absolute atomic E-state index is 14.5. The zero-order chi connectivity index (χ0) is 37.8. The van der Waals surface area contributed by atoms with E-state index in [-0.39, 0.29) is 53.3 Å². The number of rotatable bonds is 12. The maximum atomic E-state index is 14.5. The molecule has 278 valence electrons. The Balaban J connectivity index is 1.63. The highest BCUT2D eigenvalue weighted by molar-refractivity contribution is 6.70. The van der Waals surface area contributed by atoms with Crippen molar-refractivity contribution < 1.29 is 27.6 Å². The minimum atomic E-state index is -2.79. The molecule has 2 heterocycles. The molecular weight excluding hydrogens is 672 g/mol. The van der Waals surface area contributed by atoms with Crippen molar-refractivity contribution in [2.24, 2.45) is 0 Å². The number of amides is 1. The number of nitrogens with zero attached hydrogens (tertiary/aromatic N) is 1. The Hall–Kier alpha value is -4.05. The largest absolute Gasteiger partial charge is 0.460 e. The van der Waals surface area contributed by atoms with Crippen molar-refractivity contribution in [3.05, 3.63) is 102 Å². The lowest BCUT2D eigenvalue weighted by Crippen LogP contribution is -2.57. The van der Waals surface area contributed by atoms with Gasteiger partial charge in [-0.1, -0.05) is 90.1 Å². The Morgan fingerprint density at radius 3 is 1.98 bits per heavy atom. The van der Waals surface area contributed by atoms with Crippen LogP contribution in [0.25, 0.3) is 22.4 Å². The van der Waals surface area contributed by atoms with E-state index in [0.29, 0.717) is 30.6 Å². The van der Waals surface area contributed by atoms with Crippen LogP contribution in [0.4, 0.5) is 10.1 Å². The molecule has 0 spiro atoms. The third-order valence-electron chi connectivity index (χ3n) is 9.62. The standard InChI is InChI=1S/C43H55FN2O5Si/c1-28(2)40-39(42(48)45-34-18-14-11-15-19-34)38(31-16-12-10-13-17-31)41(32-20-22-33(44)23-21-32)46(40)25-24-35-26-36(27-37(47)49-43(7,8)9)51-52(50-35,29(3)4)30(5)6/h10-23,28-30,35-36H,24-27H2,1-9H3,(H,45,48)/t35-,36-/m1/s1. The molecule has 0 bridgehead atoms. The van der Waals surface area contributed by atoms with Crippen molar-refractivity contribution in [2.75, 3.05) is 5.32 Å². The second-order valence-corrected chi connectivity index (χ2v) is 20.0. The van der Waals surface area contributed by atoms with Gasteiger partial charge in [0.15, 0.2) is 0 Å². The molecular formula is C43H55FN2O5Si. The Morgan fingerprint density at radius 1 is 0.846 bits per heavy atom. The molecule has 7 nitrogen and oxygen atoms in total. The van der Waals surface area contributed by atoms with Crippen LogP contribution >= 0.6 is 0 Å². The molecule has 2 atom stereocenters. The van der Waals surface area contributed by atoms with Crippen LogP contribution in [0.5, 0.6) is 0 Å². The minimum absolute atomic E-state index is 0.0384. The fourth-order valence-electron chi connectivity index (χ4n) is 7.50. The van der Waals surface area contributed by atoms with Gasteiger partial charge in [0.1, 0.15) is 11.4 Å². The van der Waals surface area contributed by atoms with Gasteiger partial charge in [0, 0.05) is 23.5 Å². The smallest absolute Gasteiger partial charge is 0.343 e. The van der Waals surface area contributed by atoms with Crippen molar-refractivity contribution in [2.45, 2.75) is 123 Å². The molecule has 52 heavy (non-hydrogen) atoms. The Morgan fingerprint density at radius 2 is 1.42 bits per heavy atom. The second kappa shape index (κ2) is 16.3. The lowest BCUT2D eigenvalue weighted by atomic mass is 9.94. The molecule has 4 aromatic rings. The van der Waals surface area contributed by atoms with Crippen molar-refractivity contribution in [1.29, 1.82) is 0 Å². The third-order valence-corrected chi connectivity index (χ3v) is 14.2. The van der Waals surface area contributed by atoms with E-state index in [0.717, 1.165) is 28.1 Å². The first kappa shape index (κ1) is 39.2. The number of anilines is 1. The maximum Gasteiger partial charge on any atom is 0.343 e. The van der Waals surface area contributed by atoms with Gasteiger partial charge in [0.25, 0.3) is 5.91 Å². The first-order chi connectivity index (χ1) is 24.6. The van der Waals surface area contributed by atoms with Gasteiger partial charge in [0.2, 0.25) is 0 Å². The van der Waals surface area contributed by atoms with Gasteiger partial charge in [0.05, 0.1) is 29.9 Å². The summed E-state index contributed by atoms with van der Waals surface area (Å²) in [4.78, 5) is 27.6. The summed E-state index contributed by atoms with van der Waals surface area (Å²) in [6.07, 6.45) is 0.809. The van der Waals surface area contributed by atoms with Crippen LogP contribution in [0.15, 0.2) is 84.9 Å². The number of hydrogen-bond acceptors (Lipinski definition) is 5. The number of nitrogens with one attached hydrogen (secondary N) is 1. The lowest BCUT2D eigenvalue weighted by Gasteiger charge is -2.47. The Labute approximate surface area is 310 Å². The summed E-state index contributed by atoms with van der Waals surface area (Å²) in [5.74, 6) is -0.851. The van der Waals surface area contributed by atoms with Crippen LogP contribution in [0.1, 0.15) is 104 Å². The van der Waals surface area contributed by atoms with Crippen LogP contribution in [0, 0.1) is 5.82 Å². The van der Waals surface area contributed by atoms with Crippen LogP contribution < -0.4 is 5.32 Å². The highest BCUT2D eigenvalue weighted by atomic mass is 28.4. The summed E-state index contributed by atoms with van der Waals surface area (Å²) in [5.41, 5.74) is 5.25. The predicted molar refractivity (Wildman–Crippen MR) is 209 cm³/mol. The summed E-state index contributed by atoms with van der Waals surface area (Å²) in [5, 5.41) is 3.15. The second-order valence-electron chi connectivity index (χ2n) is 15.8. The summed E-state index contributed by atoms with van der Waals surface area (Å²) >= 11 is 0. The van der Waals surface area contributed by atoms with E-state index in [9.17, 15) is 14.0 Å². The van der Waals surface area contributed by atoms with Gasteiger partial charge in [-0.2, -0.15) is 0 Å². The SMILES string of the molecule is CC(C)c1c(C(=O)Nc2ccccc2)c(-c2ccccc2)c(-c2ccc(F)cc2)n1CC[C@@H]1C[C@H](CC(=O)OC(C)(C)C)O[Si](C(C)C)(C(C)C)O1. The normalized spacial score (nSPS) is 17.5. The van der Waals surface area contributed by atoms with Crippen molar-refractivity contribution >= 4 is 26.1 Å². The molecule has 0 radical (unpaired) electrons. The number of ether oxygens (including phenoxy) is 1. The molecule has 0 unspecified atom stereocenters. The molecule has 1 fully saturated rings. The number of halogens is 1. The molecule has 1 saturated heterocycles. The average molecular weight is 727 g/mol. The van der Waals surface area contributed by atoms with E-state index in [1.807, 2.05) is 81.4 Å². The van der Waals surface area contributed by atoms with Crippen LogP contribution in [0.2, 0.25) is 11.1 Å². The Kier molecular flexibility index (Phi) is 12.3. The van der Waals surface area contributed by atoms with E-state index >= 15 is 0 Å². The number of hydrogen-bond donors (Lipinski definition) is 1. The highest BCUT2D eigenvalue weighted by Crippen LogP contribution is 2.45. The molecule has 3 aromatic carbocycles. The number of aromatic nitrogens is 1. The fourth-order valence-corrected chi connectivity index (χ4v) is 11.4. The molecule has 9 heteroatoms. The summed E-state index contributed by atoms with van der Waals surface area (Å²) in [6.45, 7) is 19.0. The zero-order valence-corrected chi connectivity index (χ0v) is 33.2. The number of carbonyl (C=O) groups is 2. The van der Waals surface area contributed by atoms with E-state index in [1.54, 1.807) is 12.1 Å². The van der Waals surface area contributed by atoms with E-state index in [2.05, 4.69) is 51.4 Å². The predicted octanol–water partition coefficient (Wildman–Crippen LogP) is 10.9. The summed E-state index contributed by atoms with van der Waals surface area (Å²) < 4.78 is 36.2. The molecule has 1 amide bonds. The lowest BCUT2D eigenvalue weighted by molar-refractivity contribution is -0.158. The summed E-state index contributed by atoms with van der Waals surface area (Å²) in [6, 6.07) is 25.9. The number of para-hydroxylation sites is 1. The molecule has 5 rings (SSSR count). The van der Waals surface area contributed by atoms with Gasteiger partial charge in [-0.05, 0) is 98.1 Å². The van der Waals surface area contributed by atoms with Gasteiger partial charge < -0.3 is 23.5 Å². The van der Waals surface area contributed by atoms with Crippen LogP contribution in [-0.4, -0.2) is 42.8 Å². The summed E-state index contributed by atoms with van der Waals surface area (Å²) in [7, 11) is -2.79. The third kappa shape index (κ3) is 8.93. The van der Waals surface area contributed by atoms with Crippen LogP contribution in [-0.2, 0) is 24.9 Å². The minimum Gasteiger partial charge on any atom is -0.460 e. The first-order valence-electron chi connectivity index (χ1n) is 18.6. The molecule has 1 N–H and O–H groups in total. The molecule has 0 saturated carbocycles. The quantitative estimate of drug-likeness (QED) is 0.116. The first-order valence-corrected chi connectivity index (χ1v) is 20.6. The molecule has 0 aliphatic carbocycles. The fraction of sp³-hybridized carbons (Fsp3) is 0.442. The Bertz CT molecular complexity index is 1810. The molecule has 1 aliphatic rings. The van der Waals surface area contributed by atoms with Gasteiger partial charge >= 0.3 is 14.5 Å². The zero-order valence-electron chi connectivity index (χ0n) is 32.2. The van der Waals surface area contributed by atoms with Crippen molar-refractivity contribution in [1.82, 2.24) is 4.57 Å².